The molecule has 0 saturated carbocycles. The van der Waals surface area contributed by atoms with Gasteiger partial charge >= 0.3 is 0 Å². The van der Waals surface area contributed by atoms with Crippen LogP contribution in [0, 0.1) is 0 Å². The number of nitrogens with zero attached hydrogens (tertiary/aromatic N) is 4. The maximum Gasteiger partial charge on any atom is 0.164 e. The molecule has 0 saturated heterocycles. The van der Waals surface area contributed by atoms with Crippen molar-refractivity contribution in [2.75, 3.05) is 0 Å². The summed E-state index contributed by atoms with van der Waals surface area (Å²) in [4.78, 5) is 21.1. The smallest absolute Gasteiger partial charge is 0.164 e. The van der Waals surface area contributed by atoms with Crippen LogP contribution in [0.2, 0.25) is 0 Å². The number of benzene rings is 9. The molecule has 0 atom stereocenters. The van der Waals surface area contributed by atoms with Gasteiger partial charge < -0.3 is 8.83 Å². The fourth-order valence-electron chi connectivity index (χ4n) is 10.7. The van der Waals surface area contributed by atoms with Gasteiger partial charge in [-0.25, -0.2) is 19.9 Å². The molecule has 0 spiro atoms. The average Bonchev–Trinajstić information content (AvgIpc) is 4.03. The van der Waals surface area contributed by atoms with Crippen LogP contribution < -0.4 is 0 Å². The summed E-state index contributed by atoms with van der Waals surface area (Å²) in [6, 6.07) is 67.6. The number of rotatable bonds is 5. The molecular formula is C61H38N4O2. The van der Waals surface area contributed by atoms with Gasteiger partial charge in [0.2, 0.25) is 0 Å². The molecule has 0 aliphatic heterocycles. The topological polar surface area (TPSA) is 77.8 Å². The second-order valence-corrected chi connectivity index (χ2v) is 18.1. The number of furan rings is 2. The molecule has 0 N–H and O–H groups in total. The minimum atomic E-state index is -0.170. The third-order valence-corrected chi connectivity index (χ3v) is 13.9. The molecule has 14 rings (SSSR count). The highest BCUT2D eigenvalue weighted by Crippen LogP contribution is 2.51. The summed E-state index contributed by atoms with van der Waals surface area (Å²) in [5.74, 6) is 1.81. The van der Waals surface area contributed by atoms with E-state index < -0.39 is 0 Å². The quantitative estimate of drug-likeness (QED) is 0.160. The lowest BCUT2D eigenvalue weighted by molar-refractivity contribution is 0.660. The summed E-state index contributed by atoms with van der Waals surface area (Å²) >= 11 is 0. The first-order chi connectivity index (χ1) is 33.0. The highest BCUT2D eigenvalue weighted by molar-refractivity contribution is 6.29. The minimum absolute atomic E-state index is 0.170. The zero-order valence-corrected chi connectivity index (χ0v) is 36.6. The summed E-state index contributed by atoms with van der Waals surface area (Å²) in [7, 11) is 0. The van der Waals surface area contributed by atoms with Gasteiger partial charge in [-0.3, -0.25) is 0 Å². The van der Waals surface area contributed by atoms with Crippen LogP contribution in [0.1, 0.15) is 25.0 Å². The van der Waals surface area contributed by atoms with Crippen LogP contribution in [-0.2, 0) is 5.41 Å². The van der Waals surface area contributed by atoms with Crippen molar-refractivity contribution in [1.29, 1.82) is 0 Å². The van der Waals surface area contributed by atoms with Gasteiger partial charge in [-0.2, -0.15) is 0 Å². The van der Waals surface area contributed by atoms with Gasteiger partial charge in [0.15, 0.2) is 17.5 Å². The Morgan fingerprint density at radius 2 is 0.955 bits per heavy atom. The lowest BCUT2D eigenvalue weighted by Gasteiger charge is -2.21. The van der Waals surface area contributed by atoms with E-state index in [1.807, 2.05) is 42.5 Å². The van der Waals surface area contributed by atoms with Gasteiger partial charge in [-0.15, -0.1) is 0 Å². The van der Waals surface area contributed by atoms with E-state index in [1.165, 1.54) is 22.3 Å². The van der Waals surface area contributed by atoms with Crippen LogP contribution in [0.3, 0.4) is 0 Å². The predicted molar refractivity (Wildman–Crippen MR) is 272 cm³/mol. The van der Waals surface area contributed by atoms with Gasteiger partial charge in [0.05, 0.1) is 11.2 Å². The van der Waals surface area contributed by atoms with Crippen molar-refractivity contribution < 1.29 is 8.83 Å². The Bertz CT molecular complexity index is 4200. The Morgan fingerprint density at radius 3 is 1.79 bits per heavy atom. The van der Waals surface area contributed by atoms with Gasteiger partial charge in [0, 0.05) is 76.5 Å². The largest absolute Gasteiger partial charge is 0.456 e. The van der Waals surface area contributed by atoms with E-state index in [-0.39, 0.29) is 5.41 Å². The van der Waals surface area contributed by atoms with Gasteiger partial charge in [0.25, 0.3) is 0 Å². The van der Waals surface area contributed by atoms with Crippen molar-refractivity contribution in [3.8, 4) is 67.7 Å². The fourth-order valence-corrected chi connectivity index (χ4v) is 10.7. The number of hydrogen-bond acceptors (Lipinski definition) is 6. The Hall–Kier alpha value is -8.74. The summed E-state index contributed by atoms with van der Waals surface area (Å²) < 4.78 is 13.6. The van der Waals surface area contributed by atoms with E-state index in [0.717, 1.165) is 105 Å². The Labute approximate surface area is 384 Å². The molecule has 1 aliphatic carbocycles. The molecular weight excluding hydrogens is 821 g/mol. The molecule has 13 aromatic rings. The molecule has 0 amide bonds. The van der Waals surface area contributed by atoms with E-state index >= 15 is 0 Å². The molecule has 0 fully saturated rings. The lowest BCUT2D eigenvalue weighted by Crippen LogP contribution is -2.15. The van der Waals surface area contributed by atoms with E-state index in [1.54, 1.807) is 0 Å². The second-order valence-electron chi connectivity index (χ2n) is 18.1. The minimum Gasteiger partial charge on any atom is -0.456 e. The SMILES string of the molecule is CC1(C)c2ccccc2-c2ccc(-c3nc(-c4ccccc4)nc(-c4cccc(-c5nc6ccccc6c6c(-c7cccc8c7oc7ccccc78)c7c(cc56)oc5ccccc57)c4)n3)cc21. The first-order valence-electron chi connectivity index (χ1n) is 22.7. The first-order valence-corrected chi connectivity index (χ1v) is 22.7. The van der Waals surface area contributed by atoms with E-state index in [2.05, 4.69) is 166 Å². The molecule has 0 bridgehead atoms. The normalized spacial score (nSPS) is 13.0. The van der Waals surface area contributed by atoms with Crippen molar-refractivity contribution >= 4 is 65.6 Å². The predicted octanol–water partition coefficient (Wildman–Crippen LogP) is 16.0. The monoisotopic (exact) mass is 858 g/mol. The number of aromatic nitrogens is 4. The van der Waals surface area contributed by atoms with E-state index in [9.17, 15) is 0 Å². The van der Waals surface area contributed by atoms with Crippen molar-refractivity contribution in [2.24, 2.45) is 0 Å². The molecule has 0 unspecified atom stereocenters. The molecule has 4 aromatic heterocycles. The fraction of sp³-hybridized carbons (Fsp3) is 0.0492. The van der Waals surface area contributed by atoms with Gasteiger partial charge in [0.1, 0.15) is 22.3 Å². The van der Waals surface area contributed by atoms with Crippen molar-refractivity contribution in [3.63, 3.8) is 0 Å². The number of para-hydroxylation sites is 4. The number of pyridine rings is 1. The van der Waals surface area contributed by atoms with Gasteiger partial charge in [-0.1, -0.05) is 172 Å². The molecule has 67 heavy (non-hydrogen) atoms. The Morgan fingerprint density at radius 1 is 0.358 bits per heavy atom. The van der Waals surface area contributed by atoms with Crippen molar-refractivity contribution in [2.45, 2.75) is 19.3 Å². The summed E-state index contributed by atoms with van der Waals surface area (Å²) in [5.41, 5.74) is 15.6. The van der Waals surface area contributed by atoms with Crippen LogP contribution in [0.4, 0.5) is 0 Å². The highest BCUT2D eigenvalue weighted by atomic mass is 16.3. The van der Waals surface area contributed by atoms with Crippen LogP contribution >= 0.6 is 0 Å². The third-order valence-electron chi connectivity index (χ3n) is 13.9. The molecule has 9 aromatic carbocycles. The Balaban J connectivity index is 1.01. The van der Waals surface area contributed by atoms with E-state index in [4.69, 9.17) is 28.8 Å². The van der Waals surface area contributed by atoms with Crippen molar-refractivity contribution in [3.05, 3.63) is 205 Å². The Kier molecular flexibility index (Phi) is 7.93. The second kappa shape index (κ2) is 14.1. The first kappa shape index (κ1) is 37.6. The van der Waals surface area contributed by atoms with Gasteiger partial charge in [-0.05, 0) is 58.7 Å². The van der Waals surface area contributed by atoms with Crippen LogP contribution in [-0.4, -0.2) is 19.9 Å². The van der Waals surface area contributed by atoms with Crippen LogP contribution in [0.5, 0.6) is 0 Å². The zero-order chi connectivity index (χ0) is 44.4. The van der Waals surface area contributed by atoms with Crippen LogP contribution in [0.25, 0.3) is 133 Å². The standard InChI is InChI=1S/C61H38N4O2/c1-61(2)47-26-10-6-20-39(47)40-31-30-38(33-48(40)61)60-64-58(35-16-4-3-5-17-35)63-59(65-60)37-19-14-18-36(32-37)56-46-34-52-54(44-23-9-13-29-51(44)66-52)55(53(46)43-22-7-11-27-49(43)62-56)45-25-15-24-42-41-21-8-12-28-50(41)67-57(42)45/h3-34H,1-2H3. The lowest BCUT2D eigenvalue weighted by atomic mass is 9.82. The number of fused-ring (bicyclic) bond motifs is 12. The van der Waals surface area contributed by atoms with Crippen LogP contribution in [0.15, 0.2) is 203 Å². The number of hydrogen-bond donors (Lipinski definition) is 0. The van der Waals surface area contributed by atoms with Crippen molar-refractivity contribution in [1.82, 2.24) is 19.9 Å². The zero-order valence-electron chi connectivity index (χ0n) is 36.6. The third kappa shape index (κ3) is 5.63. The maximum atomic E-state index is 6.78. The average molecular weight is 859 g/mol. The summed E-state index contributed by atoms with van der Waals surface area (Å²) in [5, 5.41) is 7.32. The highest BCUT2D eigenvalue weighted by Gasteiger charge is 2.35. The molecule has 1 aliphatic rings. The summed E-state index contributed by atoms with van der Waals surface area (Å²) in [6.45, 7) is 4.60. The molecule has 6 heteroatoms. The molecule has 4 heterocycles. The van der Waals surface area contributed by atoms with E-state index in [0.29, 0.717) is 17.5 Å². The molecule has 0 radical (unpaired) electrons. The maximum absolute atomic E-state index is 6.78. The molecule has 314 valence electrons. The summed E-state index contributed by atoms with van der Waals surface area (Å²) in [6.07, 6.45) is 0. The molecule has 6 nitrogen and oxygen atoms in total.